The van der Waals surface area contributed by atoms with Gasteiger partial charge in [0.2, 0.25) is 0 Å². The van der Waals surface area contributed by atoms with E-state index in [2.05, 4.69) is 5.32 Å². The molecule has 0 aromatic rings. The molecule has 7 heteroatoms. The standard InChI is InChI=1S/C9H10N4O3/c10-2-1-3-12-5-7(4-11)9(16)13-6-8(14)15/h5,12H,1,3,6H2,(H,13,16)(H,14,15)/b7-5-. The average Bonchev–Trinajstić information content (AvgIpc) is 2.26. The van der Waals surface area contributed by atoms with Gasteiger partial charge in [-0.25, -0.2) is 0 Å². The monoisotopic (exact) mass is 222 g/mol. The van der Waals surface area contributed by atoms with Crippen LogP contribution in [0.5, 0.6) is 0 Å². The van der Waals surface area contributed by atoms with Crippen molar-refractivity contribution in [2.75, 3.05) is 13.1 Å². The van der Waals surface area contributed by atoms with Crippen molar-refractivity contribution in [3.05, 3.63) is 11.8 Å². The first-order valence-corrected chi connectivity index (χ1v) is 4.32. The maximum absolute atomic E-state index is 11.2. The maximum atomic E-state index is 11.2. The predicted molar refractivity (Wildman–Crippen MR) is 52.6 cm³/mol. The zero-order chi connectivity index (χ0) is 12.4. The van der Waals surface area contributed by atoms with Crippen molar-refractivity contribution in [3.8, 4) is 12.1 Å². The minimum absolute atomic E-state index is 0.237. The van der Waals surface area contributed by atoms with E-state index in [1.54, 1.807) is 6.07 Å². The quantitative estimate of drug-likeness (QED) is 0.303. The number of hydrogen-bond acceptors (Lipinski definition) is 5. The van der Waals surface area contributed by atoms with Crippen LogP contribution in [0.4, 0.5) is 0 Å². The minimum atomic E-state index is -1.19. The van der Waals surface area contributed by atoms with Crippen LogP contribution in [0.2, 0.25) is 0 Å². The molecule has 3 N–H and O–H groups in total. The zero-order valence-corrected chi connectivity index (χ0v) is 8.36. The molecule has 0 fully saturated rings. The van der Waals surface area contributed by atoms with Gasteiger partial charge in [0.25, 0.3) is 5.91 Å². The van der Waals surface area contributed by atoms with Gasteiger partial charge in [-0.15, -0.1) is 0 Å². The second-order valence-corrected chi connectivity index (χ2v) is 2.61. The fraction of sp³-hybridized carbons (Fsp3) is 0.333. The van der Waals surface area contributed by atoms with Gasteiger partial charge in [-0.05, 0) is 0 Å². The molecule has 0 aromatic heterocycles. The Kier molecular flexibility index (Phi) is 6.58. The van der Waals surface area contributed by atoms with Gasteiger partial charge in [0, 0.05) is 12.7 Å². The van der Waals surface area contributed by atoms with E-state index in [0.717, 1.165) is 6.20 Å². The molecule has 7 nitrogen and oxygen atoms in total. The fourth-order valence-electron chi connectivity index (χ4n) is 0.702. The molecular weight excluding hydrogens is 212 g/mol. The van der Waals surface area contributed by atoms with Crippen molar-refractivity contribution in [2.45, 2.75) is 6.42 Å². The Bertz CT molecular complexity index is 375. The highest BCUT2D eigenvalue weighted by Gasteiger charge is 2.09. The SMILES string of the molecule is N#CCCN/C=C(/C#N)C(=O)NCC(=O)O. The molecule has 0 saturated carbocycles. The highest BCUT2D eigenvalue weighted by atomic mass is 16.4. The van der Waals surface area contributed by atoms with Crippen LogP contribution in [0.25, 0.3) is 0 Å². The van der Waals surface area contributed by atoms with Crippen molar-refractivity contribution in [1.82, 2.24) is 10.6 Å². The second-order valence-electron chi connectivity index (χ2n) is 2.61. The van der Waals surface area contributed by atoms with E-state index < -0.39 is 18.4 Å². The molecule has 84 valence electrons. The first-order valence-electron chi connectivity index (χ1n) is 4.32. The molecule has 0 aliphatic heterocycles. The van der Waals surface area contributed by atoms with Gasteiger partial charge in [-0.1, -0.05) is 0 Å². The summed E-state index contributed by atoms with van der Waals surface area (Å²) in [5.74, 6) is -1.96. The van der Waals surface area contributed by atoms with Crippen LogP contribution in [-0.2, 0) is 9.59 Å². The van der Waals surface area contributed by atoms with Gasteiger partial charge in [0.05, 0.1) is 12.5 Å². The van der Waals surface area contributed by atoms with Crippen molar-refractivity contribution in [2.24, 2.45) is 0 Å². The first kappa shape index (κ1) is 13.5. The van der Waals surface area contributed by atoms with Crippen molar-refractivity contribution in [3.63, 3.8) is 0 Å². The summed E-state index contributed by atoms with van der Waals surface area (Å²) in [4.78, 5) is 21.3. The number of rotatable bonds is 6. The Morgan fingerprint density at radius 2 is 2.06 bits per heavy atom. The summed E-state index contributed by atoms with van der Waals surface area (Å²) in [7, 11) is 0. The predicted octanol–water partition coefficient (Wildman–Crippen LogP) is -0.902. The van der Waals surface area contributed by atoms with Crippen LogP contribution in [-0.4, -0.2) is 30.1 Å². The first-order chi connectivity index (χ1) is 7.61. The Balaban J connectivity index is 4.17. The van der Waals surface area contributed by atoms with E-state index in [1.165, 1.54) is 0 Å². The Morgan fingerprint density at radius 1 is 1.38 bits per heavy atom. The smallest absolute Gasteiger partial charge is 0.322 e. The molecule has 0 radical (unpaired) electrons. The summed E-state index contributed by atoms with van der Waals surface area (Å²) in [6.45, 7) is -0.232. The number of aliphatic carboxylic acids is 1. The third-order valence-electron chi connectivity index (χ3n) is 1.39. The van der Waals surface area contributed by atoms with Gasteiger partial charge in [-0.2, -0.15) is 10.5 Å². The molecule has 0 aromatic carbocycles. The summed E-state index contributed by atoms with van der Waals surface area (Å²) in [5.41, 5.74) is -0.237. The molecule has 0 heterocycles. The van der Waals surface area contributed by atoms with Gasteiger partial charge in [0.15, 0.2) is 0 Å². The summed E-state index contributed by atoms with van der Waals surface area (Å²) in [6, 6.07) is 3.49. The van der Waals surface area contributed by atoms with Crippen LogP contribution in [0.1, 0.15) is 6.42 Å². The van der Waals surface area contributed by atoms with Crippen LogP contribution < -0.4 is 10.6 Å². The van der Waals surface area contributed by atoms with Crippen LogP contribution >= 0.6 is 0 Å². The molecule has 0 aliphatic rings. The summed E-state index contributed by atoms with van der Waals surface area (Å²) >= 11 is 0. The molecule has 0 bridgehead atoms. The lowest BCUT2D eigenvalue weighted by Crippen LogP contribution is -2.30. The molecule has 0 rings (SSSR count). The van der Waals surface area contributed by atoms with Crippen molar-refractivity contribution in [1.29, 1.82) is 10.5 Å². The van der Waals surface area contributed by atoms with Crippen LogP contribution in [0.3, 0.4) is 0 Å². The normalized spacial score (nSPS) is 9.75. The number of carboxylic acids is 1. The van der Waals surface area contributed by atoms with E-state index in [0.29, 0.717) is 6.54 Å². The lowest BCUT2D eigenvalue weighted by molar-refractivity contribution is -0.137. The molecule has 0 spiro atoms. The molecule has 0 aliphatic carbocycles. The number of carboxylic acid groups (broad SMARTS) is 1. The summed E-state index contributed by atoms with van der Waals surface area (Å²) in [6.07, 6.45) is 1.39. The highest BCUT2D eigenvalue weighted by Crippen LogP contribution is 1.89. The van der Waals surface area contributed by atoms with Gasteiger partial charge >= 0.3 is 5.97 Å². The van der Waals surface area contributed by atoms with Crippen LogP contribution in [0.15, 0.2) is 11.8 Å². The number of nitriles is 2. The Morgan fingerprint density at radius 3 is 2.56 bits per heavy atom. The molecule has 1 amide bonds. The summed E-state index contributed by atoms with van der Waals surface area (Å²) < 4.78 is 0. The largest absolute Gasteiger partial charge is 0.480 e. The number of hydrogen-bond donors (Lipinski definition) is 3. The molecule has 0 unspecified atom stereocenters. The molecular formula is C9H10N4O3. The number of amides is 1. The number of carbonyl (C=O) groups is 2. The van der Waals surface area contributed by atoms with E-state index in [4.69, 9.17) is 15.6 Å². The zero-order valence-electron chi connectivity index (χ0n) is 8.36. The van der Waals surface area contributed by atoms with E-state index in [1.807, 2.05) is 11.4 Å². The van der Waals surface area contributed by atoms with E-state index in [-0.39, 0.29) is 12.0 Å². The van der Waals surface area contributed by atoms with Crippen molar-refractivity contribution >= 4 is 11.9 Å². The fourth-order valence-corrected chi connectivity index (χ4v) is 0.702. The third kappa shape index (κ3) is 6.00. The van der Waals surface area contributed by atoms with E-state index in [9.17, 15) is 9.59 Å². The van der Waals surface area contributed by atoms with E-state index >= 15 is 0 Å². The van der Waals surface area contributed by atoms with Crippen molar-refractivity contribution < 1.29 is 14.7 Å². The Labute approximate surface area is 92.0 Å². The lowest BCUT2D eigenvalue weighted by Gasteiger charge is -2.01. The van der Waals surface area contributed by atoms with Crippen LogP contribution in [0, 0.1) is 22.7 Å². The molecule has 0 saturated heterocycles. The summed E-state index contributed by atoms with van der Waals surface area (Å²) in [5, 5.41) is 29.7. The number of nitrogens with zero attached hydrogens (tertiary/aromatic N) is 2. The third-order valence-corrected chi connectivity index (χ3v) is 1.39. The average molecular weight is 222 g/mol. The Hall–Kier alpha value is -2.54. The van der Waals surface area contributed by atoms with Gasteiger partial charge in [-0.3, -0.25) is 9.59 Å². The molecule has 0 atom stereocenters. The van der Waals surface area contributed by atoms with Gasteiger partial charge in [0.1, 0.15) is 18.2 Å². The van der Waals surface area contributed by atoms with Gasteiger partial charge < -0.3 is 15.7 Å². The highest BCUT2D eigenvalue weighted by molar-refractivity contribution is 5.98. The minimum Gasteiger partial charge on any atom is -0.480 e. The second kappa shape index (κ2) is 7.83. The number of nitrogens with one attached hydrogen (secondary N) is 2. The maximum Gasteiger partial charge on any atom is 0.322 e. The topological polar surface area (TPSA) is 126 Å². The lowest BCUT2D eigenvalue weighted by atomic mass is 10.3. The number of carbonyl (C=O) groups excluding carboxylic acids is 1. The molecule has 16 heavy (non-hydrogen) atoms.